The highest BCUT2D eigenvalue weighted by Crippen LogP contribution is 2.61. The van der Waals surface area contributed by atoms with Gasteiger partial charge in [0.25, 0.3) is 5.91 Å². The van der Waals surface area contributed by atoms with Crippen molar-refractivity contribution in [2.75, 3.05) is 25.1 Å². The Balaban J connectivity index is 1.35. The van der Waals surface area contributed by atoms with Crippen LogP contribution in [0.25, 0.3) is 0 Å². The number of carboxylic acids is 1. The summed E-state index contributed by atoms with van der Waals surface area (Å²) in [6, 6.07) is 12.4. The molecule has 3 aliphatic rings. The number of allylic oxidation sites excluding steroid dienone is 1. The lowest BCUT2D eigenvalue weighted by molar-refractivity contribution is -0.131. The van der Waals surface area contributed by atoms with Gasteiger partial charge in [-0.1, -0.05) is 12.1 Å². The van der Waals surface area contributed by atoms with Crippen LogP contribution in [0.2, 0.25) is 0 Å². The lowest BCUT2D eigenvalue weighted by Gasteiger charge is -2.27. The molecule has 9 heteroatoms. The molecular weight excluding hydrogens is 474 g/mol. The molecule has 190 valence electrons. The lowest BCUT2D eigenvalue weighted by atomic mass is 9.86. The molecule has 0 bridgehead atoms. The first kappa shape index (κ1) is 24.5. The Bertz CT molecular complexity index is 1320. The average molecular weight is 502 g/mol. The standard InChI is InChI=1S/C28H27N3O6/c29-15-17-4-5-18(2-1-3-25(32)33)23(12-17)31-27(35)22-14-28(22)9-11-37-24-7-6-19(13-21(24)28)26(34)30-20-8-10-36-16-20/h1,3-7,12-13,20,22H,2,8-11,14,16H2,(H,30,34)(H,31,35)(H,32,33)/t20-,22+,28+/m1/s1. The summed E-state index contributed by atoms with van der Waals surface area (Å²) in [5, 5.41) is 24.2. The van der Waals surface area contributed by atoms with Crippen LogP contribution in [0.15, 0.2) is 48.6 Å². The average Bonchev–Trinajstić information content (AvgIpc) is 3.37. The predicted octanol–water partition coefficient (Wildman–Crippen LogP) is 2.94. The number of nitriles is 1. The number of anilines is 1. The largest absolute Gasteiger partial charge is 0.493 e. The van der Waals surface area contributed by atoms with Gasteiger partial charge < -0.3 is 25.2 Å². The van der Waals surface area contributed by atoms with Crippen molar-refractivity contribution in [3.8, 4) is 11.8 Å². The molecule has 1 saturated heterocycles. The van der Waals surface area contributed by atoms with Crippen molar-refractivity contribution in [3.63, 3.8) is 0 Å². The van der Waals surface area contributed by atoms with Crippen LogP contribution >= 0.6 is 0 Å². The first-order valence-corrected chi connectivity index (χ1v) is 12.3. The van der Waals surface area contributed by atoms with E-state index in [1.54, 1.807) is 30.3 Å². The van der Waals surface area contributed by atoms with E-state index in [2.05, 4.69) is 16.7 Å². The number of benzene rings is 2. The van der Waals surface area contributed by atoms with E-state index >= 15 is 0 Å². The molecule has 2 amide bonds. The quantitative estimate of drug-likeness (QED) is 0.496. The van der Waals surface area contributed by atoms with Crippen LogP contribution in [-0.4, -0.2) is 48.8 Å². The number of amides is 2. The van der Waals surface area contributed by atoms with Gasteiger partial charge in [0, 0.05) is 40.8 Å². The molecule has 0 aromatic heterocycles. The maximum absolute atomic E-state index is 13.4. The van der Waals surface area contributed by atoms with E-state index in [0.29, 0.717) is 67.2 Å². The number of hydrogen-bond donors (Lipinski definition) is 3. The van der Waals surface area contributed by atoms with E-state index in [1.165, 1.54) is 6.08 Å². The third-order valence-electron chi connectivity index (χ3n) is 7.34. The van der Waals surface area contributed by atoms with Gasteiger partial charge in [0.15, 0.2) is 0 Å². The molecule has 3 atom stereocenters. The number of ether oxygens (including phenoxy) is 2. The Hall–Kier alpha value is -4.16. The van der Waals surface area contributed by atoms with E-state index in [-0.39, 0.29) is 23.8 Å². The highest BCUT2D eigenvalue weighted by molar-refractivity contribution is 5.98. The van der Waals surface area contributed by atoms with Crippen LogP contribution in [0.3, 0.4) is 0 Å². The molecule has 2 aromatic rings. The lowest BCUT2D eigenvalue weighted by Crippen LogP contribution is -2.35. The van der Waals surface area contributed by atoms with Crippen molar-refractivity contribution in [2.24, 2.45) is 5.92 Å². The Morgan fingerprint density at radius 1 is 1.19 bits per heavy atom. The number of hydrogen-bond acceptors (Lipinski definition) is 6. The van der Waals surface area contributed by atoms with E-state index in [0.717, 1.165) is 18.1 Å². The summed E-state index contributed by atoms with van der Waals surface area (Å²) in [6.07, 6.45) is 4.91. The zero-order chi connectivity index (χ0) is 26.0. The smallest absolute Gasteiger partial charge is 0.327 e. The van der Waals surface area contributed by atoms with Gasteiger partial charge in [-0.05, 0) is 61.6 Å². The number of carbonyl (C=O) groups is 3. The first-order chi connectivity index (χ1) is 17.9. The van der Waals surface area contributed by atoms with Gasteiger partial charge in [-0.2, -0.15) is 5.26 Å². The summed E-state index contributed by atoms with van der Waals surface area (Å²) < 4.78 is 11.2. The molecule has 3 N–H and O–H groups in total. The molecular formula is C28H27N3O6. The number of fused-ring (bicyclic) bond motifs is 2. The number of nitrogens with zero attached hydrogens (tertiary/aromatic N) is 1. The van der Waals surface area contributed by atoms with E-state index < -0.39 is 11.4 Å². The summed E-state index contributed by atoms with van der Waals surface area (Å²) in [5.41, 5.74) is 2.56. The topological polar surface area (TPSA) is 138 Å². The number of carboxylic acid groups (broad SMARTS) is 1. The van der Waals surface area contributed by atoms with Gasteiger partial charge in [-0.3, -0.25) is 9.59 Å². The maximum Gasteiger partial charge on any atom is 0.327 e. The van der Waals surface area contributed by atoms with Gasteiger partial charge >= 0.3 is 5.97 Å². The fourth-order valence-electron chi connectivity index (χ4n) is 5.25. The molecule has 37 heavy (non-hydrogen) atoms. The summed E-state index contributed by atoms with van der Waals surface area (Å²) in [7, 11) is 0. The Labute approximate surface area is 214 Å². The fraction of sp³-hybridized carbons (Fsp3) is 0.357. The van der Waals surface area contributed by atoms with Crippen molar-refractivity contribution in [3.05, 3.63) is 70.8 Å². The third-order valence-corrected chi connectivity index (χ3v) is 7.34. The molecule has 1 spiro atoms. The molecule has 0 unspecified atom stereocenters. The Morgan fingerprint density at radius 3 is 2.81 bits per heavy atom. The number of aliphatic carboxylic acids is 1. The zero-order valence-corrected chi connectivity index (χ0v) is 20.2. The fourth-order valence-corrected chi connectivity index (χ4v) is 5.25. The molecule has 1 aliphatic carbocycles. The number of carbonyl (C=O) groups excluding carboxylic acids is 2. The van der Waals surface area contributed by atoms with Crippen molar-refractivity contribution < 1.29 is 29.0 Å². The van der Waals surface area contributed by atoms with Gasteiger partial charge in [0.05, 0.1) is 30.9 Å². The van der Waals surface area contributed by atoms with E-state index in [4.69, 9.17) is 14.6 Å². The summed E-state index contributed by atoms with van der Waals surface area (Å²) in [4.78, 5) is 37.1. The minimum Gasteiger partial charge on any atom is -0.493 e. The minimum absolute atomic E-state index is 0.00286. The predicted molar refractivity (Wildman–Crippen MR) is 133 cm³/mol. The van der Waals surface area contributed by atoms with Crippen LogP contribution in [0.4, 0.5) is 5.69 Å². The van der Waals surface area contributed by atoms with Crippen LogP contribution in [0, 0.1) is 17.2 Å². The molecule has 2 aromatic carbocycles. The zero-order valence-electron chi connectivity index (χ0n) is 20.2. The summed E-state index contributed by atoms with van der Waals surface area (Å²) in [5.74, 6) is -1.03. The van der Waals surface area contributed by atoms with Crippen LogP contribution in [0.1, 0.15) is 46.3 Å². The normalized spacial score (nSPS) is 23.6. The molecule has 2 heterocycles. The molecule has 2 aliphatic heterocycles. The Kier molecular flexibility index (Phi) is 6.68. The van der Waals surface area contributed by atoms with Crippen molar-refractivity contribution >= 4 is 23.5 Å². The van der Waals surface area contributed by atoms with Crippen LogP contribution in [-0.2, 0) is 26.2 Å². The molecule has 5 rings (SSSR count). The van der Waals surface area contributed by atoms with Crippen molar-refractivity contribution in [2.45, 2.75) is 37.1 Å². The maximum atomic E-state index is 13.4. The first-order valence-electron chi connectivity index (χ1n) is 12.3. The molecule has 1 saturated carbocycles. The van der Waals surface area contributed by atoms with Crippen molar-refractivity contribution in [1.29, 1.82) is 5.26 Å². The van der Waals surface area contributed by atoms with Crippen LogP contribution in [0.5, 0.6) is 5.75 Å². The second kappa shape index (κ2) is 10.1. The number of nitrogens with one attached hydrogen (secondary N) is 2. The monoisotopic (exact) mass is 501 g/mol. The van der Waals surface area contributed by atoms with Crippen molar-refractivity contribution in [1.82, 2.24) is 5.32 Å². The van der Waals surface area contributed by atoms with E-state index in [1.807, 2.05) is 6.07 Å². The highest BCUT2D eigenvalue weighted by Gasteiger charge is 2.61. The summed E-state index contributed by atoms with van der Waals surface area (Å²) in [6.45, 7) is 1.63. The molecule has 0 radical (unpaired) electrons. The Morgan fingerprint density at radius 2 is 2.05 bits per heavy atom. The SMILES string of the molecule is N#Cc1ccc(CC=CC(=O)O)c(NC(=O)[C@@H]2C[C@]23CCOc2ccc(C(=O)N[C@@H]4CCOC4)cc23)c1. The molecule has 9 nitrogen and oxygen atoms in total. The van der Waals surface area contributed by atoms with E-state index in [9.17, 15) is 19.6 Å². The third kappa shape index (κ3) is 5.06. The summed E-state index contributed by atoms with van der Waals surface area (Å²) >= 11 is 0. The molecule has 2 fully saturated rings. The number of rotatable bonds is 7. The van der Waals surface area contributed by atoms with Gasteiger partial charge in [0.2, 0.25) is 5.91 Å². The van der Waals surface area contributed by atoms with Gasteiger partial charge in [-0.25, -0.2) is 4.79 Å². The minimum atomic E-state index is -1.05. The van der Waals surface area contributed by atoms with Crippen LogP contribution < -0.4 is 15.4 Å². The highest BCUT2D eigenvalue weighted by atomic mass is 16.5. The second-order valence-corrected chi connectivity index (χ2v) is 9.67. The van der Waals surface area contributed by atoms with Gasteiger partial charge in [0.1, 0.15) is 5.75 Å². The second-order valence-electron chi connectivity index (χ2n) is 9.67. The van der Waals surface area contributed by atoms with Gasteiger partial charge in [-0.15, -0.1) is 0 Å².